The molecule has 0 saturated carbocycles. The number of nitrogens with zero attached hydrogens (tertiary/aromatic N) is 5. The van der Waals surface area contributed by atoms with Crippen molar-refractivity contribution >= 4 is 22.9 Å². The molecule has 1 aromatic carbocycles. The molecule has 0 radical (unpaired) electrons. The molecule has 1 amide bonds. The van der Waals surface area contributed by atoms with Crippen molar-refractivity contribution in [2.75, 3.05) is 57.9 Å². The van der Waals surface area contributed by atoms with Crippen LogP contribution in [0.5, 0.6) is 0 Å². The molecule has 164 valence electrons. The average molecular weight is 414 g/mol. The van der Waals surface area contributed by atoms with Gasteiger partial charge in [-0.05, 0) is 51.1 Å². The summed E-state index contributed by atoms with van der Waals surface area (Å²) in [5.41, 5.74) is 2.77. The molecule has 0 aliphatic carbocycles. The molecule has 4 rings (SSSR count). The molecule has 1 aromatic heterocycles. The van der Waals surface area contributed by atoms with Crippen LogP contribution in [0.2, 0.25) is 0 Å². The van der Waals surface area contributed by atoms with Gasteiger partial charge in [0, 0.05) is 44.3 Å². The van der Waals surface area contributed by atoms with E-state index in [4.69, 9.17) is 9.72 Å². The van der Waals surface area contributed by atoms with Crippen molar-refractivity contribution in [2.45, 2.75) is 45.7 Å². The quantitative estimate of drug-likeness (QED) is 0.699. The molecule has 2 aliphatic heterocycles. The number of ether oxygens (including phenoxy) is 1. The highest BCUT2D eigenvalue weighted by Crippen LogP contribution is 2.26. The predicted molar refractivity (Wildman–Crippen MR) is 120 cm³/mol. The van der Waals surface area contributed by atoms with Crippen LogP contribution in [0.4, 0.5) is 5.95 Å². The number of amides is 1. The van der Waals surface area contributed by atoms with Gasteiger partial charge in [-0.2, -0.15) is 0 Å². The second-order valence-electron chi connectivity index (χ2n) is 8.54. The zero-order valence-electron chi connectivity index (χ0n) is 18.6. The highest BCUT2D eigenvalue weighted by atomic mass is 16.5. The van der Waals surface area contributed by atoms with Gasteiger partial charge in [0.2, 0.25) is 5.95 Å². The molecule has 2 fully saturated rings. The summed E-state index contributed by atoms with van der Waals surface area (Å²) in [5, 5.41) is 0. The van der Waals surface area contributed by atoms with Gasteiger partial charge in [0.1, 0.15) is 0 Å². The van der Waals surface area contributed by atoms with Crippen molar-refractivity contribution in [1.29, 1.82) is 0 Å². The molecule has 2 saturated heterocycles. The molecule has 0 bridgehead atoms. The number of likely N-dealkylation sites (tertiary alicyclic amines) is 1. The number of carbonyl (C=O) groups is 1. The molecule has 1 unspecified atom stereocenters. The maximum atomic E-state index is 13.2. The van der Waals surface area contributed by atoms with Crippen molar-refractivity contribution in [3.8, 4) is 0 Å². The minimum absolute atomic E-state index is 0.127. The Morgan fingerprint density at radius 1 is 1.20 bits per heavy atom. The maximum Gasteiger partial charge on any atom is 0.253 e. The minimum Gasteiger partial charge on any atom is -0.378 e. The summed E-state index contributed by atoms with van der Waals surface area (Å²) in [6.07, 6.45) is 3.24. The van der Waals surface area contributed by atoms with E-state index in [0.29, 0.717) is 6.04 Å². The van der Waals surface area contributed by atoms with Gasteiger partial charge in [0.15, 0.2) is 0 Å². The third kappa shape index (κ3) is 4.18. The van der Waals surface area contributed by atoms with Crippen LogP contribution in [0.3, 0.4) is 0 Å². The number of likely N-dealkylation sites (N-methyl/N-ethyl adjacent to an activating group) is 1. The standard InChI is InChI=1S/C23H35N5O2/c1-4-9-25(3)19-8-11-27(17-19)22(29)18-6-7-21-20(16-18)24-23(28(21)10-5-2)26-12-14-30-15-13-26/h6-7,16,19H,4-5,8-15,17H2,1-3H3. The third-order valence-electron chi connectivity index (χ3n) is 6.37. The number of morpholine rings is 1. The lowest BCUT2D eigenvalue weighted by atomic mass is 10.1. The maximum absolute atomic E-state index is 13.2. The number of hydrogen-bond donors (Lipinski definition) is 0. The second-order valence-corrected chi connectivity index (χ2v) is 8.54. The Morgan fingerprint density at radius 2 is 2.00 bits per heavy atom. The second kappa shape index (κ2) is 9.35. The van der Waals surface area contributed by atoms with Crippen LogP contribution in [0, 0.1) is 0 Å². The van der Waals surface area contributed by atoms with E-state index >= 15 is 0 Å². The van der Waals surface area contributed by atoms with Crippen molar-refractivity contribution < 1.29 is 9.53 Å². The fourth-order valence-corrected chi connectivity index (χ4v) is 4.70. The summed E-state index contributed by atoms with van der Waals surface area (Å²) in [6.45, 7) is 11.2. The monoisotopic (exact) mass is 413 g/mol. The number of imidazole rings is 1. The molecular weight excluding hydrogens is 378 g/mol. The van der Waals surface area contributed by atoms with E-state index in [0.717, 1.165) is 94.3 Å². The molecule has 2 aromatic rings. The number of hydrogen-bond acceptors (Lipinski definition) is 5. The number of carbonyl (C=O) groups excluding carboxylic acids is 1. The lowest BCUT2D eigenvalue weighted by Crippen LogP contribution is -2.38. The average Bonchev–Trinajstić information content (AvgIpc) is 3.40. The third-order valence-corrected chi connectivity index (χ3v) is 6.37. The van der Waals surface area contributed by atoms with Gasteiger partial charge in [-0.25, -0.2) is 4.98 Å². The summed E-state index contributed by atoms with van der Waals surface area (Å²) < 4.78 is 7.80. The predicted octanol–water partition coefficient (Wildman–Crippen LogP) is 2.84. The number of aryl methyl sites for hydroxylation is 1. The summed E-state index contributed by atoms with van der Waals surface area (Å²) in [4.78, 5) is 24.8. The Labute approximate surface area is 179 Å². The summed E-state index contributed by atoms with van der Waals surface area (Å²) in [5.74, 6) is 1.13. The van der Waals surface area contributed by atoms with Crippen molar-refractivity contribution in [1.82, 2.24) is 19.4 Å². The number of benzene rings is 1. The van der Waals surface area contributed by atoms with E-state index in [2.05, 4.69) is 41.3 Å². The van der Waals surface area contributed by atoms with Crippen molar-refractivity contribution in [2.24, 2.45) is 0 Å². The van der Waals surface area contributed by atoms with Crippen molar-refractivity contribution in [3.63, 3.8) is 0 Å². The highest BCUT2D eigenvalue weighted by Gasteiger charge is 2.29. The summed E-state index contributed by atoms with van der Waals surface area (Å²) in [7, 11) is 2.17. The fourth-order valence-electron chi connectivity index (χ4n) is 4.70. The van der Waals surface area contributed by atoms with E-state index in [1.165, 1.54) is 0 Å². The number of rotatable bonds is 7. The normalized spacial score (nSPS) is 19.9. The van der Waals surface area contributed by atoms with Crippen LogP contribution in [0.15, 0.2) is 18.2 Å². The zero-order chi connectivity index (χ0) is 21.1. The van der Waals surface area contributed by atoms with Gasteiger partial charge in [0.25, 0.3) is 5.91 Å². The molecule has 2 aliphatic rings. The van der Waals surface area contributed by atoms with E-state index in [1.54, 1.807) is 0 Å². The molecular formula is C23H35N5O2. The van der Waals surface area contributed by atoms with Crippen LogP contribution in [-0.2, 0) is 11.3 Å². The van der Waals surface area contributed by atoms with E-state index in [9.17, 15) is 4.79 Å². The first-order chi connectivity index (χ1) is 14.6. The molecule has 7 heteroatoms. The summed E-state index contributed by atoms with van der Waals surface area (Å²) in [6, 6.07) is 6.50. The molecule has 0 N–H and O–H groups in total. The molecule has 1 atom stereocenters. The largest absolute Gasteiger partial charge is 0.378 e. The van der Waals surface area contributed by atoms with Crippen LogP contribution in [0.1, 0.15) is 43.5 Å². The number of fused-ring (bicyclic) bond motifs is 1. The molecule has 7 nitrogen and oxygen atoms in total. The molecule has 3 heterocycles. The number of anilines is 1. The van der Waals surface area contributed by atoms with Gasteiger partial charge in [-0.1, -0.05) is 13.8 Å². The molecule has 0 spiro atoms. The Hall–Kier alpha value is -2.12. The first-order valence-corrected chi connectivity index (χ1v) is 11.4. The first kappa shape index (κ1) is 21.1. The Balaban J connectivity index is 1.56. The van der Waals surface area contributed by atoms with Gasteiger partial charge < -0.3 is 24.0 Å². The van der Waals surface area contributed by atoms with Crippen LogP contribution >= 0.6 is 0 Å². The number of aromatic nitrogens is 2. The highest BCUT2D eigenvalue weighted by molar-refractivity contribution is 5.98. The lowest BCUT2D eigenvalue weighted by molar-refractivity contribution is 0.0780. The SMILES string of the molecule is CCCN(C)C1CCN(C(=O)c2ccc3c(c2)nc(N2CCOCC2)n3CCC)C1. The first-order valence-electron chi connectivity index (χ1n) is 11.4. The Kier molecular flexibility index (Phi) is 6.58. The van der Waals surface area contributed by atoms with Gasteiger partial charge in [-0.15, -0.1) is 0 Å². The van der Waals surface area contributed by atoms with Crippen LogP contribution < -0.4 is 4.90 Å². The summed E-state index contributed by atoms with van der Waals surface area (Å²) >= 11 is 0. The fraction of sp³-hybridized carbons (Fsp3) is 0.652. The van der Waals surface area contributed by atoms with E-state index < -0.39 is 0 Å². The van der Waals surface area contributed by atoms with E-state index in [-0.39, 0.29) is 5.91 Å². The van der Waals surface area contributed by atoms with Gasteiger partial charge in [0.05, 0.1) is 24.2 Å². The Bertz CT molecular complexity index is 874. The van der Waals surface area contributed by atoms with Crippen LogP contribution in [0.25, 0.3) is 11.0 Å². The lowest BCUT2D eigenvalue weighted by Gasteiger charge is -2.28. The van der Waals surface area contributed by atoms with Crippen molar-refractivity contribution in [3.05, 3.63) is 23.8 Å². The molecule has 30 heavy (non-hydrogen) atoms. The topological polar surface area (TPSA) is 53.8 Å². The zero-order valence-corrected chi connectivity index (χ0v) is 18.6. The van der Waals surface area contributed by atoms with E-state index in [1.807, 2.05) is 17.0 Å². The van der Waals surface area contributed by atoms with Crippen LogP contribution in [-0.4, -0.2) is 84.3 Å². The smallest absolute Gasteiger partial charge is 0.253 e. The Morgan fingerprint density at radius 3 is 2.73 bits per heavy atom. The van der Waals surface area contributed by atoms with Gasteiger partial charge >= 0.3 is 0 Å². The van der Waals surface area contributed by atoms with Gasteiger partial charge in [-0.3, -0.25) is 4.79 Å². The minimum atomic E-state index is 0.127.